The SMILES string of the molecule is O=C(CCc1ccccc1)N1CCC(N2CCC[C@@H](C(=O)N3CCCC3)C2)CC1. The van der Waals surface area contributed by atoms with Crippen LogP contribution in [0.25, 0.3) is 0 Å². The summed E-state index contributed by atoms with van der Waals surface area (Å²) in [6.07, 6.45) is 8.02. The second-order valence-electron chi connectivity index (χ2n) is 8.96. The smallest absolute Gasteiger partial charge is 0.226 e. The van der Waals surface area contributed by atoms with Crippen LogP contribution >= 0.6 is 0 Å². The molecule has 5 heteroatoms. The van der Waals surface area contributed by atoms with E-state index in [0.717, 1.165) is 71.4 Å². The maximum absolute atomic E-state index is 12.8. The van der Waals surface area contributed by atoms with Crippen LogP contribution in [0.15, 0.2) is 30.3 Å². The van der Waals surface area contributed by atoms with E-state index in [0.29, 0.717) is 18.4 Å². The Labute approximate surface area is 175 Å². The summed E-state index contributed by atoms with van der Waals surface area (Å²) >= 11 is 0. The Kier molecular flexibility index (Phi) is 6.86. The van der Waals surface area contributed by atoms with Crippen molar-refractivity contribution in [2.75, 3.05) is 39.3 Å². The molecule has 0 bridgehead atoms. The van der Waals surface area contributed by atoms with Crippen molar-refractivity contribution in [3.63, 3.8) is 0 Å². The molecule has 0 aromatic heterocycles. The number of piperidine rings is 2. The van der Waals surface area contributed by atoms with Gasteiger partial charge in [-0.05, 0) is 57.1 Å². The zero-order valence-electron chi connectivity index (χ0n) is 17.6. The van der Waals surface area contributed by atoms with E-state index in [1.165, 1.54) is 18.4 Å². The van der Waals surface area contributed by atoms with Crippen LogP contribution in [0.3, 0.4) is 0 Å². The fourth-order valence-corrected chi connectivity index (χ4v) is 5.27. The average molecular weight is 398 g/mol. The van der Waals surface area contributed by atoms with Gasteiger partial charge in [0.1, 0.15) is 0 Å². The third-order valence-electron chi connectivity index (χ3n) is 7.02. The molecule has 1 aromatic rings. The molecule has 5 nitrogen and oxygen atoms in total. The van der Waals surface area contributed by atoms with E-state index >= 15 is 0 Å². The van der Waals surface area contributed by atoms with Gasteiger partial charge in [-0.2, -0.15) is 0 Å². The Balaban J connectivity index is 1.22. The maximum Gasteiger partial charge on any atom is 0.226 e. The van der Waals surface area contributed by atoms with Crippen molar-refractivity contribution in [3.8, 4) is 0 Å². The lowest BCUT2D eigenvalue weighted by atomic mass is 9.92. The Morgan fingerprint density at radius 3 is 2.28 bits per heavy atom. The summed E-state index contributed by atoms with van der Waals surface area (Å²) in [7, 11) is 0. The van der Waals surface area contributed by atoms with Gasteiger partial charge in [0.05, 0.1) is 5.92 Å². The average Bonchev–Trinajstić information content (AvgIpc) is 3.33. The first kappa shape index (κ1) is 20.4. The van der Waals surface area contributed by atoms with Crippen molar-refractivity contribution in [1.29, 1.82) is 0 Å². The fraction of sp³-hybridized carbons (Fsp3) is 0.667. The molecule has 0 unspecified atom stereocenters. The van der Waals surface area contributed by atoms with Crippen molar-refractivity contribution in [1.82, 2.24) is 14.7 Å². The van der Waals surface area contributed by atoms with E-state index in [2.05, 4.69) is 26.8 Å². The largest absolute Gasteiger partial charge is 0.343 e. The number of nitrogens with zero attached hydrogens (tertiary/aromatic N) is 3. The van der Waals surface area contributed by atoms with E-state index in [4.69, 9.17) is 0 Å². The minimum atomic E-state index is 0.187. The Morgan fingerprint density at radius 2 is 1.55 bits per heavy atom. The van der Waals surface area contributed by atoms with Gasteiger partial charge in [0.25, 0.3) is 0 Å². The highest BCUT2D eigenvalue weighted by molar-refractivity contribution is 5.79. The van der Waals surface area contributed by atoms with Crippen LogP contribution in [0.1, 0.15) is 50.5 Å². The third-order valence-corrected chi connectivity index (χ3v) is 7.02. The molecule has 0 N–H and O–H groups in total. The molecular weight excluding hydrogens is 362 g/mol. The van der Waals surface area contributed by atoms with Crippen molar-refractivity contribution in [3.05, 3.63) is 35.9 Å². The molecule has 3 heterocycles. The van der Waals surface area contributed by atoms with Gasteiger partial charge < -0.3 is 9.80 Å². The molecule has 3 fully saturated rings. The van der Waals surface area contributed by atoms with Crippen LogP contribution in [0.5, 0.6) is 0 Å². The first-order valence-corrected chi connectivity index (χ1v) is 11.6. The number of rotatable bonds is 5. The summed E-state index contributed by atoms with van der Waals surface area (Å²) in [6, 6.07) is 10.8. The zero-order chi connectivity index (χ0) is 20.1. The molecule has 0 saturated carbocycles. The minimum Gasteiger partial charge on any atom is -0.343 e. The molecule has 1 aromatic carbocycles. The van der Waals surface area contributed by atoms with E-state index in [1.54, 1.807) is 0 Å². The lowest BCUT2D eigenvalue weighted by molar-refractivity contribution is -0.136. The highest BCUT2D eigenvalue weighted by Crippen LogP contribution is 2.26. The number of carbonyl (C=O) groups excluding carboxylic acids is 2. The Hall–Kier alpha value is -1.88. The quantitative estimate of drug-likeness (QED) is 0.767. The summed E-state index contributed by atoms with van der Waals surface area (Å²) < 4.78 is 0. The van der Waals surface area contributed by atoms with Gasteiger partial charge in [0.15, 0.2) is 0 Å². The van der Waals surface area contributed by atoms with Crippen molar-refractivity contribution in [2.45, 2.75) is 57.4 Å². The molecule has 0 spiro atoms. The summed E-state index contributed by atoms with van der Waals surface area (Å²) in [4.78, 5) is 32.1. The van der Waals surface area contributed by atoms with E-state index in [9.17, 15) is 9.59 Å². The Morgan fingerprint density at radius 1 is 0.828 bits per heavy atom. The second kappa shape index (κ2) is 9.75. The third kappa shape index (κ3) is 5.19. The molecule has 2 amide bonds. The molecular formula is C24H35N3O2. The first-order valence-electron chi connectivity index (χ1n) is 11.6. The maximum atomic E-state index is 12.8. The van der Waals surface area contributed by atoms with Crippen LogP contribution in [0.4, 0.5) is 0 Å². The van der Waals surface area contributed by atoms with Crippen LogP contribution < -0.4 is 0 Å². The number of benzene rings is 1. The first-order chi connectivity index (χ1) is 14.2. The van der Waals surface area contributed by atoms with Gasteiger partial charge in [0, 0.05) is 45.2 Å². The lowest BCUT2D eigenvalue weighted by Crippen LogP contribution is -2.51. The number of amides is 2. The predicted octanol–water partition coefficient (Wildman–Crippen LogP) is 2.94. The van der Waals surface area contributed by atoms with E-state index in [-0.39, 0.29) is 11.8 Å². The number of likely N-dealkylation sites (tertiary alicyclic amines) is 3. The summed E-state index contributed by atoms with van der Waals surface area (Å²) in [5.41, 5.74) is 1.23. The molecule has 3 saturated heterocycles. The van der Waals surface area contributed by atoms with Crippen LogP contribution in [-0.2, 0) is 16.0 Å². The number of hydrogen-bond donors (Lipinski definition) is 0. The van der Waals surface area contributed by atoms with Gasteiger partial charge in [-0.3, -0.25) is 14.5 Å². The molecule has 4 rings (SSSR count). The summed E-state index contributed by atoms with van der Waals surface area (Å²) in [6.45, 7) is 5.66. The molecule has 158 valence electrons. The lowest BCUT2D eigenvalue weighted by Gasteiger charge is -2.42. The second-order valence-corrected chi connectivity index (χ2v) is 8.96. The number of carbonyl (C=O) groups is 2. The van der Waals surface area contributed by atoms with Crippen molar-refractivity contribution in [2.24, 2.45) is 5.92 Å². The normalized spacial score (nSPS) is 24.1. The number of hydrogen-bond acceptors (Lipinski definition) is 3. The minimum absolute atomic E-state index is 0.187. The molecule has 0 radical (unpaired) electrons. The standard InChI is InChI=1S/C24H35N3O2/c28-23(11-10-20-7-2-1-3-8-20)25-17-12-22(13-18-25)27-16-6-9-21(19-27)24(29)26-14-4-5-15-26/h1-3,7-8,21-22H,4-6,9-19H2/t21-/m1/s1. The van der Waals surface area contributed by atoms with Crippen molar-refractivity contribution >= 4 is 11.8 Å². The molecule has 3 aliphatic heterocycles. The van der Waals surface area contributed by atoms with E-state index < -0.39 is 0 Å². The monoisotopic (exact) mass is 397 g/mol. The Bertz CT molecular complexity index is 679. The fourth-order valence-electron chi connectivity index (χ4n) is 5.27. The van der Waals surface area contributed by atoms with Crippen molar-refractivity contribution < 1.29 is 9.59 Å². The van der Waals surface area contributed by atoms with Gasteiger partial charge in [-0.15, -0.1) is 0 Å². The van der Waals surface area contributed by atoms with Crippen LogP contribution in [-0.4, -0.2) is 71.8 Å². The topological polar surface area (TPSA) is 43.9 Å². The van der Waals surface area contributed by atoms with Crippen LogP contribution in [0.2, 0.25) is 0 Å². The van der Waals surface area contributed by atoms with Gasteiger partial charge in [-0.25, -0.2) is 0 Å². The molecule has 1 atom stereocenters. The summed E-state index contributed by atoms with van der Waals surface area (Å²) in [5, 5.41) is 0. The number of aryl methyl sites for hydroxylation is 1. The molecule has 3 aliphatic rings. The van der Waals surface area contributed by atoms with Crippen LogP contribution in [0, 0.1) is 5.92 Å². The zero-order valence-corrected chi connectivity index (χ0v) is 17.6. The molecule has 29 heavy (non-hydrogen) atoms. The van der Waals surface area contributed by atoms with Gasteiger partial charge in [-0.1, -0.05) is 30.3 Å². The predicted molar refractivity (Wildman–Crippen MR) is 114 cm³/mol. The van der Waals surface area contributed by atoms with E-state index in [1.807, 2.05) is 18.2 Å². The van der Waals surface area contributed by atoms with Gasteiger partial charge >= 0.3 is 0 Å². The molecule has 0 aliphatic carbocycles. The highest BCUT2D eigenvalue weighted by atomic mass is 16.2. The summed E-state index contributed by atoms with van der Waals surface area (Å²) in [5.74, 6) is 0.862. The van der Waals surface area contributed by atoms with Gasteiger partial charge in [0.2, 0.25) is 11.8 Å². The highest BCUT2D eigenvalue weighted by Gasteiger charge is 2.34.